The molecule has 1 fully saturated rings. The Morgan fingerprint density at radius 3 is 2.90 bits per heavy atom. The van der Waals surface area contributed by atoms with Gasteiger partial charge in [0.05, 0.1) is 19.0 Å². The van der Waals surface area contributed by atoms with E-state index in [0.717, 1.165) is 16.2 Å². The highest BCUT2D eigenvalue weighted by atomic mass is 32.1. The maximum atomic E-state index is 13.2. The van der Waals surface area contributed by atoms with Gasteiger partial charge in [0.1, 0.15) is 16.7 Å². The monoisotopic (exact) mass is 300 g/mol. The zero-order valence-corrected chi connectivity index (χ0v) is 11.0. The van der Waals surface area contributed by atoms with Crippen molar-refractivity contribution in [2.75, 3.05) is 6.54 Å². The minimum absolute atomic E-state index is 0.0291. The van der Waals surface area contributed by atoms with Crippen LogP contribution in [-0.4, -0.2) is 40.2 Å². The lowest BCUT2D eigenvalue weighted by atomic mass is 10.2. The summed E-state index contributed by atoms with van der Waals surface area (Å²) in [5.74, 6) is -4.38. The van der Waals surface area contributed by atoms with E-state index < -0.39 is 36.7 Å². The summed E-state index contributed by atoms with van der Waals surface area (Å²) in [6.45, 7) is -0.766. The average Bonchev–Trinajstić information content (AvgIpc) is 2.93. The van der Waals surface area contributed by atoms with Crippen LogP contribution in [0.15, 0.2) is 5.38 Å². The third kappa shape index (κ3) is 2.91. The normalized spacial score (nSPS) is 20.6. The van der Waals surface area contributed by atoms with Crippen LogP contribution in [0, 0.1) is 11.3 Å². The van der Waals surface area contributed by atoms with Gasteiger partial charge in [-0.2, -0.15) is 5.26 Å². The molecule has 0 spiro atoms. The third-order valence-electron chi connectivity index (χ3n) is 2.85. The number of rotatable bonds is 3. The van der Waals surface area contributed by atoms with Crippen LogP contribution in [0.3, 0.4) is 0 Å². The number of nitrogens with two attached hydrogens (primary N) is 1. The molecule has 1 aromatic rings. The molecule has 0 aliphatic carbocycles. The molecule has 1 unspecified atom stereocenters. The van der Waals surface area contributed by atoms with E-state index in [4.69, 9.17) is 11.0 Å². The molecule has 6 nitrogen and oxygen atoms in total. The van der Waals surface area contributed by atoms with Crippen LogP contribution in [0.2, 0.25) is 0 Å². The second-order valence-corrected chi connectivity index (χ2v) is 5.34. The number of aromatic nitrogens is 1. The van der Waals surface area contributed by atoms with Gasteiger partial charge in [-0.25, -0.2) is 13.8 Å². The van der Waals surface area contributed by atoms with Crippen LogP contribution in [0.1, 0.15) is 21.9 Å². The third-order valence-corrected chi connectivity index (χ3v) is 3.69. The summed E-state index contributed by atoms with van der Waals surface area (Å²) in [4.78, 5) is 27.5. The first-order valence-corrected chi connectivity index (χ1v) is 6.51. The molecule has 1 aliphatic rings. The van der Waals surface area contributed by atoms with Gasteiger partial charge in [0, 0.05) is 11.8 Å². The van der Waals surface area contributed by atoms with E-state index in [1.54, 1.807) is 6.07 Å². The molecule has 9 heteroatoms. The Balaban J connectivity index is 2.08. The Hall–Kier alpha value is -2.08. The largest absolute Gasteiger partial charge is 0.364 e. The van der Waals surface area contributed by atoms with Gasteiger partial charge in [-0.15, -0.1) is 11.3 Å². The molecule has 0 aromatic carbocycles. The summed E-state index contributed by atoms with van der Waals surface area (Å²) in [7, 11) is 0. The van der Waals surface area contributed by atoms with Gasteiger partial charge < -0.3 is 10.6 Å². The maximum absolute atomic E-state index is 13.2. The van der Waals surface area contributed by atoms with Gasteiger partial charge in [-0.1, -0.05) is 0 Å². The fraction of sp³-hybridized carbons (Fsp3) is 0.455. The molecule has 106 valence electrons. The minimum Gasteiger partial charge on any atom is -0.364 e. The Morgan fingerprint density at radius 2 is 2.35 bits per heavy atom. The number of halogens is 2. The van der Waals surface area contributed by atoms with E-state index in [9.17, 15) is 18.4 Å². The predicted molar refractivity (Wildman–Crippen MR) is 65.0 cm³/mol. The number of carbonyl (C=O) groups is 2. The number of nitrogens with zero attached hydrogens (tertiary/aromatic N) is 3. The number of nitriles is 1. The molecule has 2 heterocycles. The standard InChI is InChI=1S/C11H10F2N4O2S/c12-11(13)2-6(3-14)17(5-11)9(18)1-8-16-7(4-20-8)10(15)19/h4,6H,1-2,5H2,(H2,15,19). The Morgan fingerprint density at radius 1 is 1.65 bits per heavy atom. The van der Waals surface area contributed by atoms with E-state index in [1.807, 2.05) is 0 Å². The SMILES string of the molecule is N#CC1CC(F)(F)CN1C(=O)Cc1nc(C(N)=O)cs1. The van der Waals surface area contributed by atoms with Crippen molar-refractivity contribution >= 4 is 23.2 Å². The number of primary amides is 1. The van der Waals surface area contributed by atoms with Gasteiger partial charge >= 0.3 is 0 Å². The fourth-order valence-electron chi connectivity index (χ4n) is 1.93. The van der Waals surface area contributed by atoms with Gasteiger partial charge in [-0.05, 0) is 0 Å². The second-order valence-electron chi connectivity index (χ2n) is 4.39. The lowest BCUT2D eigenvalue weighted by Crippen LogP contribution is -2.36. The molecule has 2 rings (SSSR count). The number of alkyl halides is 2. The lowest BCUT2D eigenvalue weighted by Gasteiger charge is -2.18. The molecule has 1 aromatic heterocycles. The number of hydrogen-bond donors (Lipinski definition) is 1. The van der Waals surface area contributed by atoms with E-state index in [-0.39, 0.29) is 12.1 Å². The van der Waals surface area contributed by atoms with Crippen LogP contribution in [-0.2, 0) is 11.2 Å². The van der Waals surface area contributed by atoms with E-state index in [2.05, 4.69) is 4.98 Å². The van der Waals surface area contributed by atoms with Crippen molar-refractivity contribution in [3.63, 3.8) is 0 Å². The number of likely N-dealkylation sites (tertiary alicyclic amines) is 1. The Bertz CT molecular complexity index is 595. The van der Waals surface area contributed by atoms with Crippen molar-refractivity contribution < 1.29 is 18.4 Å². The van der Waals surface area contributed by atoms with E-state index >= 15 is 0 Å². The highest BCUT2D eigenvalue weighted by Gasteiger charge is 2.47. The molecule has 1 aliphatic heterocycles. The first kappa shape index (κ1) is 14.3. The van der Waals surface area contributed by atoms with Crippen molar-refractivity contribution in [3.8, 4) is 6.07 Å². The maximum Gasteiger partial charge on any atom is 0.268 e. The number of hydrogen-bond acceptors (Lipinski definition) is 5. The Kier molecular flexibility index (Phi) is 3.67. The average molecular weight is 300 g/mol. The fourth-order valence-corrected chi connectivity index (χ4v) is 2.70. The van der Waals surface area contributed by atoms with Gasteiger partial charge in [0.2, 0.25) is 5.91 Å². The minimum atomic E-state index is -3.04. The Labute approximate surface area is 116 Å². The van der Waals surface area contributed by atoms with Crippen LogP contribution in [0.4, 0.5) is 8.78 Å². The van der Waals surface area contributed by atoms with Crippen LogP contribution >= 0.6 is 11.3 Å². The van der Waals surface area contributed by atoms with Crippen molar-refractivity contribution in [3.05, 3.63) is 16.1 Å². The zero-order valence-electron chi connectivity index (χ0n) is 10.2. The van der Waals surface area contributed by atoms with Crippen molar-refractivity contribution in [2.45, 2.75) is 24.8 Å². The van der Waals surface area contributed by atoms with Crippen molar-refractivity contribution in [1.82, 2.24) is 9.88 Å². The van der Waals surface area contributed by atoms with E-state index in [1.165, 1.54) is 5.38 Å². The van der Waals surface area contributed by atoms with Gasteiger partial charge in [0.25, 0.3) is 11.8 Å². The molecule has 2 N–H and O–H groups in total. The van der Waals surface area contributed by atoms with Gasteiger partial charge in [0.15, 0.2) is 0 Å². The number of amides is 2. The van der Waals surface area contributed by atoms with Crippen molar-refractivity contribution in [1.29, 1.82) is 5.26 Å². The van der Waals surface area contributed by atoms with Gasteiger partial charge in [-0.3, -0.25) is 9.59 Å². The highest BCUT2D eigenvalue weighted by Crippen LogP contribution is 2.32. The van der Waals surface area contributed by atoms with Crippen LogP contribution < -0.4 is 5.73 Å². The van der Waals surface area contributed by atoms with Crippen molar-refractivity contribution in [2.24, 2.45) is 5.73 Å². The zero-order chi connectivity index (χ0) is 14.9. The molecule has 0 radical (unpaired) electrons. The molecular formula is C11H10F2N4O2S. The quantitative estimate of drug-likeness (QED) is 0.880. The molecule has 1 atom stereocenters. The first-order valence-electron chi connectivity index (χ1n) is 5.63. The summed E-state index contributed by atoms with van der Waals surface area (Å²) >= 11 is 1.04. The van der Waals surface area contributed by atoms with Crippen LogP contribution in [0.25, 0.3) is 0 Å². The molecule has 0 saturated carbocycles. The van der Waals surface area contributed by atoms with Crippen LogP contribution in [0.5, 0.6) is 0 Å². The summed E-state index contributed by atoms with van der Waals surface area (Å²) in [5, 5.41) is 10.5. The topological polar surface area (TPSA) is 100 Å². The smallest absolute Gasteiger partial charge is 0.268 e. The summed E-state index contributed by atoms with van der Waals surface area (Å²) in [6.07, 6.45) is -0.883. The summed E-state index contributed by atoms with van der Waals surface area (Å²) < 4.78 is 26.4. The lowest BCUT2D eigenvalue weighted by molar-refractivity contribution is -0.131. The molecule has 1 saturated heterocycles. The summed E-state index contributed by atoms with van der Waals surface area (Å²) in [5.41, 5.74) is 5.06. The molecule has 0 bridgehead atoms. The number of carbonyl (C=O) groups excluding carboxylic acids is 2. The molecule has 20 heavy (non-hydrogen) atoms. The van der Waals surface area contributed by atoms with E-state index in [0.29, 0.717) is 5.01 Å². The highest BCUT2D eigenvalue weighted by molar-refractivity contribution is 7.09. The predicted octanol–water partition coefficient (Wildman–Crippen LogP) is 0.544. The summed E-state index contributed by atoms with van der Waals surface area (Å²) in [6, 6.07) is 0.562. The first-order chi connectivity index (χ1) is 9.32. The molecule has 2 amide bonds. The second kappa shape index (κ2) is 5.13. The molecular weight excluding hydrogens is 290 g/mol. The number of thiazole rings is 1.